The molecule has 0 aliphatic rings. The number of carbonyl (C=O) groups is 1. The van der Waals surface area contributed by atoms with E-state index in [9.17, 15) is 14.7 Å². The van der Waals surface area contributed by atoms with Crippen LogP contribution in [0.5, 0.6) is 0 Å². The zero-order valence-electron chi connectivity index (χ0n) is 16.9. The molecule has 0 unspecified atom stereocenters. The number of benzene rings is 2. The van der Waals surface area contributed by atoms with Crippen molar-refractivity contribution in [2.24, 2.45) is 0 Å². The van der Waals surface area contributed by atoms with Crippen molar-refractivity contribution in [3.8, 4) is 11.1 Å². The molecule has 0 aliphatic heterocycles. The standard InChI is InChI=1S/C23H25N3O3/c1-4-5-14-26-23(29)25(21(24-26)16(2)3)15-17-10-12-18(13-11-17)19-8-6-7-9-20(19)22(27)28/h4-13,16H,14-15H2,1-3H3,(H,27,28). The zero-order chi connectivity index (χ0) is 21.0. The molecule has 6 nitrogen and oxygen atoms in total. The third kappa shape index (κ3) is 4.37. The highest BCUT2D eigenvalue weighted by Gasteiger charge is 2.16. The summed E-state index contributed by atoms with van der Waals surface area (Å²) >= 11 is 0. The lowest BCUT2D eigenvalue weighted by molar-refractivity contribution is 0.0697. The van der Waals surface area contributed by atoms with Crippen LogP contribution in [0.3, 0.4) is 0 Å². The molecule has 29 heavy (non-hydrogen) atoms. The maximum absolute atomic E-state index is 12.8. The number of hydrogen-bond acceptors (Lipinski definition) is 3. The third-order valence-electron chi connectivity index (χ3n) is 4.74. The molecule has 0 saturated carbocycles. The van der Waals surface area contributed by atoms with E-state index in [1.54, 1.807) is 22.8 Å². The van der Waals surface area contributed by atoms with Gasteiger partial charge >= 0.3 is 11.7 Å². The first kappa shape index (κ1) is 20.3. The second kappa shape index (κ2) is 8.73. The summed E-state index contributed by atoms with van der Waals surface area (Å²) in [6.07, 6.45) is 3.80. The van der Waals surface area contributed by atoms with Crippen molar-refractivity contribution in [1.29, 1.82) is 0 Å². The molecule has 3 aromatic rings. The summed E-state index contributed by atoms with van der Waals surface area (Å²) in [5.41, 5.74) is 2.59. The molecule has 0 radical (unpaired) electrons. The van der Waals surface area contributed by atoms with Crippen LogP contribution in [0.1, 0.15) is 48.4 Å². The number of nitrogens with zero attached hydrogens (tertiary/aromatic N) is 3. The quantitative estimate of drug-likeness (QED) is 0.614. The molecule has 1 N–H and O–H groups in total. The van der Waals surface area contributed by atoms with Gasteiger partial charge in [-0.25, -0.2) is 14.3 Å². The van der Waals surface area contributed by atoms with Crippen LogP contribution in [0.4, 0.5) is 0 Å². The molecule has 1 heterocycles. The molecular formula is C23H25N3O3. The minimum absolute atomic E-state index is 0.122. The Bertz CT molecular complexity index is 1090. The van der Waals surface area contributed by atoms with Gasteiger partial charge in [0.25, 0.3) is 0 Å². The second-order valence-electron chi connectivity index (χ2n) is 7.18. The van der Waals surface area contributed by atoms with Crippen molar-refractivity contribution >= 4 is 5.97 Å². The zero-order valence-corrected chi connectivity index (χ0v) is 16.9. The maximum Gasteiger partial charge on any atom is 0.346 e. The average Bonchev–Trinajstić information content (AvgIpc) is 3.03. The van der Waals surface area contributed by atoms with Crippen molar-refractivity contribution in [2.45, 2.75) is 39.8 Å². The third-order valence-corrected chi connectivity index (χ3v) is 4.74. The molecule has 2 aromatic carbocycles. The number of aromatic nitrogens is 3. The SMILES string of the molecule is CC=CCn1nc(C(C)C)n(Cc2ccc(-c3ccccc3C(=O)O)cc2)c1=O. The molecule has 0 amide bonds. The first-order valence-corrected chi connectivity index (χ1v) is 9.62. The lowest BCUT2D eigenvalue weighted by Crippen LogP contribution is -2.25. The largest absolute Gasteiger partial charge is 0.478 e. The predicted molar refractivity (Wildman–Crippen MR) is 113 cm³/mol. The van der Waals surface area contributed by atoms with Crippen molar-refractivity contribution in [3.05, 3.63) is 88.1 Å². The number of hydrogen-bond donors (Lipinski definition) is 1. The Morgan fingerprint density at radius 1 is 1.14 bits per heavy atom. The van der Waals surface area contributed by atoms with E-state index in [2.05, 4.69) is 5.10 Å². The average molecular weight is 391 g/mol. The molecule has 0 bridgehead atoms. The van der Waals surface area contributed by atoms with Crippen molar-refractivity contribution in [2.75, 3.05) is 0 Å². The van der Waals surface area contributed by atoms with Gasteiger partial charge in [0.1, 0.15) is 5.82 Å². The normalized spacial score (nSPS) is 11.4. The van der Waals surface area contributed by atoms with E-state index in [1.165, 1.54) is 4.68 Å². The van der Waals surface area contributed by atoms with Crippen LogP contribution in [0, 0.1) is 0 Å². The number of allylic oxidation sites excluding steroid dienone is 2. The fourth-order valence-electron chi connectivity index (χ4n) is 3.25. The van der Waals surface area contributed by atoms with E-state index in [4.69, 9.17) is 0 Å². The Balaban J connectivity index is 1.92. The smallest absolute Gasteiger partial charge is 0.346 e. The van der Waals surface area contributed by atoms with Gasteiger partial charge in [-0.15, -0.1) is 0 Å². The predicted octanol–water partition coefficient (Wildman–Crippen LogP) is 4.16. The maximum atomic E-state index is 12.8. The van der Waals surface area contributed by atoms with Gasteiger partial charge in [0.05, 0.1) is 18.7 Å². The lowest BCUT2D eigenvalue weighted by Gasteiger charge is -2.10. The van der Waals surface area contributed by atoms with Crippen LogP contribution < -0.4 is 5.69 Å². The Labute approximate surface area is 169 Å². The van der Waals surface area contributed by atoms with Gasteiger partial charge in [-0.2, -0.15) is 5.10 Å². The fraction of sp³-hybridized carbons (Fsp3) is 0.261. The summed E-state index contributed by atoms with van der Waals surface area (Å²) in [6, 6.07) is 14.6. The second-order valence-corrected chi connectivity index (χ2v) is 7.18. The van der Waals surface area contributed by atoms with Gasteiger partial charge in [0.2, 0.25) is 0 Å². The first-order chi connectivity index (χ1) is 13.9. The van der Waals surface area contributed by atoms with E-state index in [-0.39, 0.29) is 17.2 Å². The highest BCUT2D eigenvalue weighted by molar-refractivity contribution is 5.95. The van der Waals surface area contributed by atoms with Gasteiger partial charge in [0.15, 0.2) is 0 Å². The Kier molecular flexibility index (Phi) is 6.12. The van der Waals surface area contributed by atoms with Crippen LogP contribution in [-0.4, -0.2) is 25.4 Å². The molecule has 3 rings (SSSR count). The summed E-state index contributed by atoms with van der Waals surface area (Å²) in [5.74, 6) is -0.0811. The Morgan fingerprint density at radius 3 is 2.45 bits per heavy atom. The highest BCUT2D eigenvalue weighted by atomic mass is 16.4. The van der Waals surface area contributed by atoms with Gasteiger partial charge in [-0.05, 0) is 29.7 Å². The number of rotatable bonds is 7. The van der Waals surface area contributed by atoms with E-state index in [0.717, 1.165) is 17.0 Å². The summed E-state index contributed by atoms with van der Waals surface area (Å²) in [5, 5.41) is 13.9. The number of aromatic carboxylic acids is 1. The molecule has 0 spiro atoms. The summed E-state index contributed by atoms with van der Waals surface area (Å²) < 4.78 is 3.18. The minimum atomic E-state index is -0.952. The number of carboxylic acid groups (broad SMARTS) is 1. The molecule has 0 fully saturated rings. The summed E-state index contributed by atoms with van der Waals surface area (Å²) in [7, 11) is 0. The summed E-state index contributed by atoms with van der Waals surface area (Å²) in [4.78, 5) is 24.2. The van der Waals surface area contributed by atoms with Crippen LogP contribution in [0.15, 0.2) is 65.5 Å². The van der Waals surface area contributed by atoms with E-state index in [1.807, 2.05) is 63.3 Å². The molecule has 0 atom stereocenters. The van der Waals surface area contributed by atoms with Gasteiger partial charge in [-0.1, -0.05) is 68.5 Å². The minimum Gasteiger partial charge on any atom is -0.478 e. The highest BCUT2D eigenvalue weighted by Crippen LogP contribution is 2.24. The van der Waals surface area contributed by atoms with Gasteiger partial charge in [0, 0.05) is 5.92 Å². The van der Waals surface area contributed by atoms with Crippen LogP contribution >= 0.6 is 0 Å². The van der Waals surface area contributed by atoms with Crippen molar-refractivity contribution in [1.82, 2.24) is 14.3 Å². The van der Waals surface area contributed by atoms with Crippen LogP contribution in [0.25, 0.3) is 11.1 Å². The number of carboxylic acids is 1. The Morgan fingerprint density at radius 2 is 1.83 bits per heavy atom. The van der Waals surface area contributed by atoms with Crippen LogP contribution in [-0.2, 0) is 13.1 Å². The Hall–Kier alpha value is -3.41. The molecule has 0 aliphatic carbocycles. The van der Waals surface area contributed by atoms with Crippen molar-refractivity contribution in [3.63, 3.8) is 0 Å². The topological polar surface area (TPSA) is 77.1 Å². The van der Waals surface area contributed by atoms with Crippen LogP contribution in [0.2, 0.25) is 0 Å². The molecule has 6 heteroatoms. The lowest BCUT2D eigenvalue weighted by atomic mass is 9.99. The van der Waals surface area contributed by atoms with Crippen molar-refractivity contribution < 1.29 is 9.90 Å². The summed E-state index contributed by atoms with van der Waals surface area (Å²) in [6.45, 7) is 6.82. The first-order valence-electron chi connectivity index (χ1n) is 9.62. The van der Waals surface area contributed by atoms with E-state index >= 15 is 0 Å². The molecule has 0 saturated heterocycles. The van der Waals surface area contributed by atoms with Gasteiger partial charge in [-0.3, -0.25) is 4.57 Å². The van der Waals surface area contributed by atoms with Gasteiger partial charge < -0.3 is 5.11 Å². The molecule has 150 valence electrons. The molecule has 1 aromatic heterocycles. The monoisotopic (exact) mass is 391 g/mol. The van der Waals surface area contributed by atoms with E-state index < -0.39 is 5.97 Å². The van der Waals surface area contributed by atoms with E-state index in [0.29, 0.717) is 18.7 Å². The fourth-order valence-corrected chi connectivity index (χ4v) is 3.25. The molecular weight excluding hydrogens is 366 g/mol.